The Morgan fingerprint density at radius 1 is 1.07 bits per heavy atom. The van der Waals surface area contributed by atoms with Crippen molar-refractivity contribution in [3.05, 3.63) is 90.1 Å². The molecule has 0 aliphatic carbocycles. The highest BCUT2D eigenvalue weighted by Crippen LogP contribution is 2.15. The third-order valence-corrected chi connectivity index (χ3v) is 4.98. The van der Waals surface area contributed by atoms with Crippen molar-refractivity contribution in [3.8, 4) is 0 Å². The van der Waals surface area contributed by atoms with E-state index in [9.17, 15) is 14.4 Å². The fraction of sp³-hybridized carbons (Fsp3) is 0.222. The summed E-state index contributed by atoms with van der Waals surface area (Å²) >= 11 is 7.23. The molecule has 7 nitrogen and oxygen atoms in total. The highest BCUT2D eigenvalue weighted by molar-refractivity contribution is 7.99. The van der Waals surface area contributed by atoms with Crippen LogP contribution in [0.5, 0.6) is 0 Å². The Labute approximate surface area is 163 Å². The van der Waals surface area contributed by atoms with Crippen molar-refractivity contribution >= 4 is 23.4 Å². The van der Waals surface area contributed by atoms with Crippen LogP contribution in [0.2, 0.25) is 5.02 Å². The molecule has 27 heavy (non-hydrogen) atoms. The van der Waals surface area contributed by atoms with Crippen LogP contribution in [0.15, 0.2) is 62.1 Å². The number of aromatic nitrogens is 4. The van der Waals surface area contributed by atoms with Crippen molar-refractivity contribution in [2.45, 2.75) is 25.2 Å². The Morgan fingerprint density at radius 3 is 2.48 bits per heavy atom. The molecule has 0 radical (unpaired) electrons. The molecule has 140 valence electrons. The number of halogens is 1. The summed E-state index contributed by atoms with van der Waals surface area (Å²) in [5.74, 6) is 0.662. The van der Waals surface area contributed by atoms with Gasteiger partial charge in [0, 0.05) is 16.8 Å². The molecule has 9 heteroatoms. The predicted octanol–water partition coefficient (Wildman–Crippen LogP) is 1.96. The summed E-state index contributed by atoms with van der Waals surface area (Å²) in [7, 11) is 0. The fourth-order valence-electron chi connectivity index (χ4n) is 2.55. The first-order valence-corrected chi connectivity index (χ1v) is 9.61. The Balaban J connectivity index is 2.08. The van der Waals surface area contributed by atoms with Crippen molar-refractivity contribution in [3.63, 3.8) is 0 Å². The minimum atomic E-state index is -0.674. The van der Waals surface area contributed by atoms with E-state index in [0.29, 0.717) is 21.5 Å². The molecule has 0 bridgehead atoms. The minimum Gasteiger partial charge on any atom is -0.329 e. The van der Waals surface area contributed by atoms with Crippen LogP contribution in [-0.4, -0.2) is 24.9 Å². The zero-order valence-corrected chi connectivity index (χ0v) is 16.1. The summed E-state index contributed by atoms with van der Waals surface area (Å²) in [4.78, 5) is 43.9. The molecule has 0 aliphatic rings. The average Bonchev–Trinajstić information content (AvgIpc) is 2.65. The van der Waals surface area contributed by atoms with Gasteiger partial charge < -0.3 is 4.98 Å². The summed E-state index contributed by atoms with van der Waals surface area (Å²) in [6, 6.07) is 10.3. The number of benzene rings is 1. The van der Waals surface area contributed by atoms with Gasteiger partial charge in [0.15, 0.2) is 5.16 Å². The third-order valence-electron chi connectivity index (χ3n) is 3.87. The molecule has 1 N–H and O–H groups in total. The molecule has 1 aromatic carbocycles. The number of H-pyrrole nitrogens is 1. The van der Waals surface area contributed by atoms with E-state index in [-0.39, 0.29) is 18.6 Å². The highest BCUT2D eigenvalue weighted by Gasteiger charge is 2.15. The van der Waals surface area contributed by atoms with E-state index >= 15 is 0 Å². The van der Waals surface area contributed by atoms with Gasteiger partial charge in [-0.3, -0.25) is 9.36 Å². The molecule has 0 amide bonds. The number of aromatic amines is 1. The number of rotatable bonds is 6. The van der Waals surface area contributed by atoms with Gasteiger partial charge in [-0.25, -0.2) is 14.2 Å². The quantitative estimate of drug-likeness (QED) is 0.634. The standard InChI is InChI=1S/C18H17ClN4O3S/c1-2-27-17-21-16(25)22(11-13-4-3-9-20-15(13)24)18(26)23(17)10-12-5-7-14(19)8-6-12/h3-9H,2,10-11H2,1H3,(H,20,24). The molecule has 0 unspecified atom stereocenters. The van der Waals surface area contributed by atoms with Crippen LogP contribution in [0.3, 0.4) is 0 Å². The molecule has 0 aliphatic heterocycles. The van der Waals surface area contributed by atoms with Gasteiger partial charge in [-0.1, -0.05) is 48.5 Å². The molecular formula is C18H17ClN4O3S. The minimum absolute atomic E-state index is 0.140. The Kier molecular flexibility index (Phi) is 5.98. The van der Waals surface area contributed by atoms with Crippen LogP contribution < -0.4 is 16.9 Å². The van der Waals surface area contributed by atoms with E-state index < -0.39 is 11.4 Å². The second-order valence-corrected chi connectivity index (χ2v) is 7.38. The maximum atomic E-state index is 13.0. The van der Waals surface area contributed by atoms with Gasteiger partial charge in [0.2, 0.25) is 0 Å². The first kappa shape index (κ1) is 19.2. The first-order valence-electron chi connectivity index (χ1n) is 8.25. The Morgan fingerprint density at radius 2 is 1.81 bits per heavy atom. The molecular weight excluding hydrogens is 388 g/mol. The lowest BCUT2D eigenvalue weighted by atomic mass is 10.2. The first-order chi connectivity index (χ1) is 13.0. The maximum Gasteiger partial charge on any atom is 0.354 e. The molecule has 2 heterocycles. The van der Waals surface area contributed by atoms with Crippen LogP contribution in [0.4, 0.5) is 0 Å². The lowest BCUT2D eigenvalue weighted by Crippen LogP contribution is -2.43. The molecule has 0 saturated carbocycles. The van der Waals surface area contributed by atoms with E-state index in [0.717, 1.165) is 10.1 Å². The van der Waals surface area contributed by atoms with Gasteiger partial charge in [0.25, 0.3) is 5.56 Å². The van der Waals surface area contributed by atoms with E-state index in [4.69, 9.17) is 11.6 Å². The van der Waals surface area contributed by atoms with Gasteiger partial charge in [0.05, 0.1) is 13.1 Å². The van der Waals surface area contributed by atoms with E-state index in [1.165, 1.54) is 22.5 Å². The molecule has 0 fully saturated rings. The average molecular weight is 405 g/mol. The summed E-state index contributed by atoms with van der Waals surface area (Å²) in [6.45, 7) is 2.02. The van der Waals surface area contributed by atoms with Gasteiger partial charge >= 0.3 is 11.4 Å². The molecule has 2 aromatic heterocycles. The summed E-state index contributed by atoms with van der Waals surface area (Å²) in [5, 5.41) is 0.946. The van der Waals surface area contributed by atoms with Crippen molar-refractivity contribution in [2.24, 2.45) is 0 Å². The number of hydrogen-bond donors (Lipinski definition) is 1. The highest BCUT2D eigenvalue weighted by atomic mass is 35.5. The summed E-state index contributed by atoms with van der Waals surface area (Å²) in [6.07, 6.45) is 1.49. The summed E-state index contributed by atoms with van der Waals surface area (Å²) < 4.78 is 2.41. The van der Waals surface area contributed by atoms with Crippen molar-refractivity contribution < 1.29 is 0 Å². The van der Waals surface area contributed by atoms with Crippen LogP contribution in [0.1, 0.15) is 18.1 Å². The number of hydrogen-bond acceptors (Lipinski definition) is 5. The number of thioether (sulfide) groups is 1. The molecule has 3 rings (SSSR count). The lowest BCUT2D eigenvalue weighted by Gasteiger charge is -2.13. The monoisotopic (exact) mass is 404 g/mol. The van der Waals surface area contributed by atoms with Crippen molar-refractivity contribution in [1.82, 2.24) is 19.1 Å². The molecule has 0 atom stereocenters. The fourth-order valence-corrected chi connectivity index (χ4v) is 3.37. The third kappa shape index (κ3) is 4.40. The van der Waals surface area contributed by atoms with Gasteiger partial charge in [0.1, 0.15) is 0 Å². The van der Waals surface area contributed by atoms with Crippen LogP contribution in [-0.2, 0) is 13.1 Å². The van der Waals surface area contributed by atoms with Gasteiger partial charge in [-0.05, 0) is 29.5 Å². The Hall–Kier alpha value is -2.58. The molecule has 3 aromatic rings. The number of pyridine rings is 1. The van der Waals surface area contributed by atoms with Gasteiger partial charge in [-0.15, -0.1) is 0 Å². The summed E-state index contributed by atoms with van der Waals surface area (Å²) in [5.41, 5.74) is -0.368. The second-order valence-electron chi connectivity index (χ2n) is 5.72. The SMILES string of the molecule is CCSc1nc(=O)n(Cc2ccc[nH]c2=O)c(=O)n1Cc1ccc(Cl)cc1. The van der Waals surface area contributed by atoms with Gasteiger partial charge in [-0.2, -0.15) is 4.98 Å². The van der Waals surface area contributed by atoms with E-state index in [1.54, 1.807) is 24.3 Å². The topological polar surface area (TPSA) is 89.8 Å². The largest absolute Gasteiger partial charge is 0.354 e. The maximum absolute atomic E-state index is 13.0. The number of nitrogens with zero attached hydrogens (tertiary/aromatic N) is 3. The van der Waals surface area contributed by atoms with Crippen molar-refractivity contribution in [2.75, 3.05) is 5.75 Å². The zero-order chi connectivity index (χ0) is 19.4. The molecule has 0 saturated heterocycles. The zero-order valence-electron chi connectivity index (χ0n) is 14.5. The normalized spacial score (nSPS) is 10.9. The van der Waals surface area contributed by atoms with Crippen LogP contribution >= 0.6 is 23.4 Å². The van der Waals surface area contributed by atoms with E-state index in [2.05, 4.69) is 9.97 Å². The van der Waals surface area contributed by atoms with Crippen LogP contribution in [0, 0.1) is 0 Å². The molecule has 0 spiro atoms. The predicted molar refractivity (Wildman–Crippen MR) is 106 cm³/mol. The number of nitrogens with one attached hydrogen (secondary N) is 1. The lowest BCUT2D eigenvalue weighted by molar-refractivity contribution is 0.525. The van der Waals surface area contributed by atoms with Crippen molar-refractivity contribution in [1.29, 1.82) is 0 Å². The smallest absolute Gasteiger partial charge is 0.329 e. The van der Waals surface area contributed by atoms with E-state index in [1.807, 2.05) is 19.1 Å². The second kappa shape index (κ2) is 8.41. The van der Waals surface area contributed by atoms with Crippen LogP contribution in [0.25, 0.3) is 0 Å². The Bertz CT molecular complexity index is 1120.